The molecular formula is C21H26N2O10. The number of carbonyl (C=O) groups excluding carboxylic acids is 1. The van der Waals surface area contributed by atoms with E-state index in [1.807, 2.05) is 6.92 Å². The van der Waals surface area contributed by atoms with Gasteiger partial charge in [0.1, 0.15) is 30.5 Å². The van der Waals surface area contributed by atoms with E-state index in [1.165, 1.54) is 10.8 Å². The minimum atomic E-state index is -1.60. The second-order valence-corrected chi connectivity index (χ2v) is 8.03. The Balaban J connectivity index is 1.94. The molecule has 1 aliphatic rings. The van der Waals surface area contributed by atoms with E-state index in [0.29, 0.717) is 16.5 Å². The largest absolute Gasteiger partial charge is 0.481 e. The number of fused-ring (bicyclic) bond motifs is 1. The zero-order valence-corrected chi connectivity index (χ0v) is 17.7. The average Bonchev–Trinajstić information content (AvgIpc) is 3.08. The number of amides is 1. The SMILES string of the molecule is Cc1ccc2c(c1)c(CC(=O)N[C@H](CC(=O)O)C(=O)O)cn2[C@@H]1O[C@H](CO)[C@@H](O)[C@H](O)[C@H]1O. The summed E-state index contributed by atoms with van der Waals surface area (Å²) in [6, 6.07) is 3.65. The summed E-state index contributed by atoms with van der Waals surface area (Å²) in [5.74, 6) is -3.58. The number of carboxylic acid groups (broad SMARTS) is 2. The smallest absolute Gasteiger partial charge is 0.326 e. The summed E-state index contributed by atoms with van der Waals surface area (Å²) in [6.07, 6.45) is -6.59. The van der Waals surface area contributed by atoms with Crippen LogP contribution >= 0.6 is 0 Å². The van der Waals surface area contributed by atoms with Gasteiger partial charge in [-0.05, 0) is 24.6 Å². The topological polar surface area (TPSA) is 199 Å². The Morgan fingerprint density at radius 2 is 1.82 bits per heavy atom. The van der Waals surface area contributed by atoms with Crippen LogP contribution in [0.3, 0.4) is 0 Å². The fraction of sp³-hybridized carbons (Fsp3) is 0.476. The molecule has 0 bridgehead atoms. The van der Waals surface area contributed by atoms with Gasteiger partial charge in [-0.3, -0.25) is 9.59 Å². The number of benzene rings is 1. The number of aryl methyl sites for hydroxylation is 1. The molecule has 1 fully saturated rings. The highest BCUT2D eigenvalue weighted by Crippen LogP contribution is 2.33. The van der Waals surface area contributed by atoms with Gasteiger partial charge in [-0.1, -0.05) is 11.6 Å². The first-order chi connectivity index (χ1) is 15.5. The molecule has 1 amide bonds. The van der Waals surface area contributed by atoms with Gasteiger partial charge < -0.3 is 45.3 Å². The van der Waals surface area contributed by atoms with Crippen LogP contribution in [-0.4, -0.2) is 90.1 Å². The summed E-state index contributed by atoms with van der Waals surface area (Å²) < 4.78 is 7.09. The van der Waals surface area contributed by atoms with Crippen LogP contribution in [-0.2, 0) is 25.5 Å². The molecule has 1 aromatic carbocycles. The van der Waals surface area contributed by atoms with Crippen molar-refractivity contribution in [3.63, 3.8) is 0 Å². The molecule has 12 nitrogen and oxygen atoms in total. The Hall–Kier alpha value is -3.03. The van der Waals surface area contributed by atoms with Crippen LogP contribution in [0.2, 0.25) is 0 Å². The molecule has 2 aromatic rings. The Kier molecular flexibility index (Phi) is 7.34. The Morgan fingerprint density at radius 1 is 1.12 bits per heavy atom. The maximum absolute atomic E-state index is 12.5. The highest BCUT2D eigenvalue weighted by Gasteiger charge is 2.44. The molecule has 1 saturated heterocycles. The molecule has 12 heteroatoms. The van der Waals surface area contributed by atoms with E-state index in [9.17, 15) is 34.8 Å². The van der Waals surface area contributed by atoms with E-state index < -0.39 is 67.6 Å². The second-order valence-electron chi connectivity index (χ2n) is 8.03. The molecule has 180 valence electrons. The summed E-state index contributed by atoms with van der Waals surface area (Å²) >= 11 is 0. The lowest BCUT2D eigenvalue weighted by Gasteiger charge is -2.40. The summed E-state index contributed by atoms with van der Waals surface area (Å²) in [5, 5.41) is 60.9. The van der Waals surface area contributed by atoms with Gasteiger partial charge in [-0.15, -0.1) is 0 Å². The van der Waals surface area contributed by atoms with Gasteiger partial charge in [-0.2, -0.15) is 0 Å². The first-order valence-electron chi connectivity index (χ1n) is 10.2. The lowest BCUT2D eigenvalue weighted by Crippen LogP contribution is -2.56. The third-order valence-corrected chi connectivity index (χ3v) is 5.58. The van der Waals surface area contributed by atoms with Gasteiger partial charge in [0.25, 0.3) is 0 Å². The van der Waals surface area contributed by atoms with Gasteiger partial charge in [0.15, 0.2) is 6.23 Å². The summed E-state index contributed by atoms with van der Waals surface area (Å²) in [4.78, 5) is 34.6. The number of aromatic nitrogens is 1. The Bertz CT molecular complexity index is 1050. The van der Waals surface area contributed by atoms with E-state index in [-0.39, 0.29) is 6.42 Å². The van der Waals surface area contributed by atoms with Crippen molar-refractivity contribution in [2.75, 3.05) is 6.61 Å². The number of nitrogens with zero attached hydrogens (tertiary/aromatic N) is 1. The first-order valence-corrected chi connectivity index (χ1v) is 10.2. The first kappa shape index (κ1) is 24.6. The minimum Gasteiger partial charge on any atom is -0.481 e. The number of hydrogen-bond donors (Lipinski definition) is 7. The van der Waals surface area contributed by atoms with Crippen LogP contribution in [0.15, 0.2) is 24.4 Å². The third kappa shape index (κ3) is 5.15. The lowest BCUT2D eigenvalue weighted by atomic mass is 9.98. The zero-order valence-electron chi connectivity index (χ0n) is 17.7. The van der Waals surface area contributed by atoms with Gasteiger partial charge in [0.05, 0.1) is 25.0 Å². The van der Waals surface area contributed by atoms with Crippen LogP contribution in [0.4, 0.5) is 0 Å². The highest BCUT2D eigenvalue weighted by atomic mass is 16.6. The second kappa shape index (κ2) is 9.85. The quantitative estimate of drug-likeness (QED) is 0.240. The van der Waals surface area contributed by atoms with Crippen molar-refractivity contribution in [3.05, 3.63) is 35.5 Å². The van der Waals surface area contributed by atoms with Crippen molar-refractivity contribution in [1.82, 2.24) is 9.88 Å². The molecule has 1 aliphatic heterocycles. The number of aliphatic hydroxyl groups excluding tert-OH is 4. The van der Waals surface area contributed by atoms with Gasteiger partial charge in [-0.25, -0.2) is 4.79 Å². The predicted octanol–water partition coefficient (Wildman–Crippen LogP) is -1.49. The van der Waals surface area contributed by atoms with Crippen molar-refractivity contribution < 1.29 is 49.8 Å². The molecule has 1 aromatic heterocycles. The maximum Gasteiger partial charge on any atom is 0.326 e. The summed E-state index contributed by atoms with van der Waals surface area (Å²) in [5.41, 5.74) is 1.81. The monoisotopic (exact) mass is 466 g/mol. The maximum atomic E-state index is 12.5. The predicted molar refractivity (Wildman–Crippen MR) is 111 cm³/mol. The van der Waals surface area contributed by atoms with Crippen molar-refractivity contribution in [3.8, 4) is 0 Å². The third-order valence-electron chi connectivity index (χ3n) is 5.58. The van der Waals surface area contributed by atoms with E-state index in [0.717, 1.165) is 5.56 Å². The fourth-order valence-electron chi connectivity index (χ4n) is 3.90. The van der Waals surface area contributed by atoms with Gasteiger partial charge in [0.2, 0.25) is 5.91 Å². The number of hydrogen-bond acceptors (Lipinski definition) is 8. The molecule has 2 heterocycles. The molecule has 0 spiro atoms. The average molecular weight is 466 g/mol. The van der Waals surface area contributed by atoms with Crippen molar-refractivity contribution in [1.29, 1.82) is 0 Å². The zero-order chi connectivity index (χ0) is 24.4. The van der Waals surface area contributed by atoms with E-state index in [2.05, 4.69) is 5.32 Å². The summed E-state index contributed by atoms with van der Waals surface area (Å²) in [6.45, 7) is 1.22. The van der Waals surface area contributed by atoms with Crippen LogP contribution in [0.25, 0.3) is 10.9 Å². The highest BCUT2D eigenvalue weighted by molar-refractivity contribution is 5.92. The number of carboxylic acids is 2. The molecule has 0 aliphatic carbocycles. The van der Waals surface area contributed by atoms with Crippen molar-refractivity contribution in [2.45, 2.75) is 56.5 Å². The number of aliphatic carboxylic acids is 2. The van der Waals surface area contributed by atoms with Crippen LogP contribution in [0.1, 0.15) is 23.8 Å². The molecular weight excluding hydrogens is 440 g/mol. The number of aliphatic hydroxyl groups is 4. The number of nitrogens with one attached hydrogen (secondary N) is 1. The molecule has 6 atom stereocenters. The normalized spacial score (nSPS) is 26.2. The molecule has 0 radical (unpaired) electrons. The fourth-order valence-corrected chi connectivity index (χ4v) is 3.90. The van der Waals surface area contributed by atoms with Gasteiger partial charge >= 0.3 is 11.9 Å². The van der Waals surface area contributed by atoms with Crippen molar-refractivity contribution >= 4 is 28.7 Å². The molecule has 0 saturated carbocycles. The van der Waals surface area contributed by atoms with E-state index in [1.54, 1.807) is 18.2 Å². The minimum absolute atomic E-state index is 0.298. The molecule has 7 N–H and O–H groups in total. The Labute approximate surface area is 187 Å². The van der Waals surface area contributed by atoms with Crippen molar-refractivity contribution in [2.24, 2.45) is 0 Å². The van der Waals surface area contributed by atoms with Crippen LogP contribution in [0, 0.1) is 6.92 Å². The van der Waals surface area contributed by atoms with Gasteiger partial charge in [0, 0.05) is 11.6 Å². The number of rotatable bonds is 8. The van der Waals surface area contributed by atoms with Crippen LogP contribution in [0.5, 0.6) is 0 Å². The molecule has 33 heavy (non-hydrogen) atoms. The lowest BCUT2D eigenvalue weighted by molar-refractivity contribution is -0.250. The molecule has 3 rings (SSSR count). The molecule has 0 unspecified atom stereocenters. The Morgan fingerprint density at radius 3 is 2.42 bits per heavy atom. The van der Waals surface area contributed by atoms with E-state index >= 15 is 0 Å². The number of ether oxygens (including phenoxy) is 1. The van der Waals surface area contributed by atoms with Crippen LogP contribution < -0.4 is 5.32 Å². The summed E-state index contributed by atoms with van der Waals surface area (Å²) in [7, 11) is 0. The van der Waals surface area contributed by atoms with E-state index in [4.69, 9.17) is 14.9 Å². The number of carbonyl (C=O) groups is 3. The standard InChI is InChI=1S/C21H26N2O10/c1-9-2-3-13-11(4-9)10(5-15(25)22-12(21(31)32)6-16(26)27)7-23(13)20-19(30)18(29)17(28)14(8-24)33-20/h2-4,7,12,14,17-20,24,28-30H,5-6,8H2,1H3,(H,22,25)(H,26,27)(H,31,32)/t12-,14-,17-,18+,19-,20-/m1/s1.